The average molecular weight is 391 g/mol. The summed E-state index contributed by atoms with van der Waals surface area (Å²) in [4.78, 5) is 11.3. The molecule has 1 aromatic carbocycles. The van der Waals surface area contributed by atoms with Gasteiger partial charge in [0.25, 0.3) is 0 Å². The van der Waals surface area contributed by atoms with Gasteiger partial charge >= 0.3 is 6.18 Å². The fourth-order valence-electron chi connectivity index (χ4n) is 4.08. The van der Waals surface area contributed by atoms with E-state index >= 15 is 0 Å². The summed E-state index contributed by atoms with van der Waals surface area (Å²) in [7, 11) is 0. The summed E-state index contributed by atoms with van der Waals surface area (Å²) in [5, 5.41) is 6.41. The molecule has 0 unspecified atom stereocenters. The van der Waals surface area contributed by atoms with E-state index < -0.39 is 11.7 Å². The second-order valence-corrected chi connectivity index (χ2v) is 7.81. The zero-order valence-electron chi connectivity index (χ0n) is 16.0. The number of halogens is 3. The number of aromatic nitrogens is 2. The van der Waals surface area contributed by atoms with E-state index in [2.05, 4.69) is 32.4 Å². The Hall–Kier alpha value is -2.19. The molecule has 150 valence electrons. The number of anilines is 2. The third-order valence-corrected chi connectivity index (χ3v) is 5.45. The third kappa shape index (κ3) is 4.12. The van der Waals surface area contributed by atoms with Gasteiger partial charge in [-0.05, 0) is 57.0 Å². The van der Waals surface area contributed by atoms with Crippen LogP contribution in [0.1, 0.15) is 42.1 Å². The maximum absolute atomic E-state index is 13.0. The molecule has 4 rings (SSSR count). The Morgan fingerprint density at radius 2 is 2.04 bits per heavy atom. The number of hydrogen-bond acceptors (Lipinski definition) is 5. The van der Waals surface area contributed by atoms with E-state index in [0.29, 0.717) is 29.3 Å². The maximum Gasteiger partial charge on any atom is 0.416 e. The summed E-state index contributed by atoms with van der Waals surface area (Å²) in [5.41, 5.74) is 2.24. The molecule has 0 bridgehead atoms. The first-order valence-electron chi connectivity index (χ1n) is 9.56. The topological polar surface area (TPSA) is 53.1 Å². The number of benzene rings is 1. The van der Waals surface area contributed by atoms with E-state index in [1.54, 1.807) is 19.2 Å². The Balaban J connectivity index is 1.49. The quantitative estimate of drug-likeness (QED) is 0.828. The molecule has 3 heterocycles. The van der Waals surface area contributed by atoms with Crippen LogP contribution in [0.15, 0.2) is 24.4 Å². The maximum atomic E-state index is 13.0. The van der Waals surface area contributed by atoms with Gasteiger partial charge in [0.15, 0.2) is 0 Å². The minimum absolute atomic E-state index is 0.331. The molecule has 5 nitrogen and oxygen atoms in total. The summed E-state index contributed by atoms with van der Waals surface area (Å²) in [6.45, 7) is 6.45. The molecule has 0 saturated carbocycles. The predicted molar refractivity (Wildman–Crippen MR) is 101 cm³/mol. The lowest BCUT2D eigenvalue weighted by Crippen LogP contribution is -2.45. The van der Waals surface area contributed by atoms with Gasteiger partial charge in [0.05, 0.1) is 11.3 Å². The first-order valence-corrected chi connectivity index (χ1v) is 9.56. The summed E-state index contributed by atoms with van der Waals surface area (Å²) in [6.07, 6.45) is -0.375. The second kappa shape index (κ2) is 7.33. The predicted octanol–water partition coefficient (Wildman–Crippen LogP) is 4.00. The van der Waals surface area contributed by atoms with Crippen LogP contribution >= 0.6 is 0 Å². The Morgan fingerprint density at radius 3 is 2.79 bits per heavy atom. The first kappa shape index (κ1) is 19.1. The molecule has 0 aliphatic carbocycles. The van der Waals surface area contributed by atoms with Gasteiger partial charge in [0.1, 0.15) is 0 Å². The molecule has 0 spiro atoms. The van der Waals surface area contributed by atoms with E-state index in [1.807, 2.05) is 0 Å². The molecule has 28 heavy (non-hydrogen) atoms. The van der Waals surface area contributed by atoms with E-state index in [0.717, 1.165) is 55.9 Å². The standard InChI is InChI=1S/C20H24F3N5/c1-12-5-15(20(21,22)23)8-16(6-12)26-19-25-9-14-10-28(11-18(14)27-19)17-3-4-24-13(2)7-17/h5-6,8-9,13,17,24H,3-4,7,10-11H2,1-2H3,(H,25,26,27)/t13-,17-/m1/s1. The summed E-state index contributed by atoms with van der Waals surface area (Å²) in [6, 6.07) is 4.91. The Bertz CT molecular complexity index is 867. The van der Waals surface area contributed by atoms with Crippen LogP contribution in [0.3, 0.4) is 0 Å². The van der Waals surface area contributed by atoms with E-state index in [9.17, 15) is 13.2 Å². The van der Waals surface area contributed by atoms with E-state index in [-0.39, 0.29) is 0 Å². The smallest absolute Gasteiger partial charge is 0.324 e. The van der Waals surface area contributed by atoms with Gasteiger partial charge in [-0.25, -0.2) is 9.97 Å². The van der Waals surface area contributed by atoms with Crippen molar-refractivity contribution in [3.63, 3.8) is 0 Å². The zero-order valence-corrected chi connectivity index (χ0v) is 16.0. The van der Waals surface area contributed by atoms with Crippen LogP contribution < -0.4 is 10.6 Å². The number of nitrogens with zero attached hydrogens (tertiary/aromatic N) is 3. The Morgan fingerprint density at radius 1 is 1.21 bits per heavy atom. The van der Waals surface area contributed by atoms with E-state index in [1.165, 1.54) is 0 Å². The summed E-state index contributed by atoms with van der Waals surface area (Å²) in [5.74, 6) is 0.331. The number of hydrogen-bond donors (Lipinski definition) is 2. The fraction of sp³-hybridized carbons (Fsp3) is 0.500. The minimum atomic E-state index is -4.38. The molecular formula is C20H24F3N5. The van der Waals surface area contributed by atoms with Crippen LogP contribution in [0.2, 0.25) is 0 Å². The van der Waals surface area contributed by atoms with Gasteiger partial charge in [0.2, 0.25) is 5.95 Å². The minimum Gasteiger partial charge on any atom is -0.324 e. The van der Waals surface area contributed by atoms with Crippen molar-refractivity contribution in [1.29, 1.82) is 0 Å². The second-order valence-electron chi connectivity index (χ2n) is 7.81. The number of nitrogens with one attached hydrogen (secondary N) is 2. The van der Waals surface area contributed by atoms with Crippen LogP contribution in [0, 0.1) is 6.92 Å². The normalized spacial score (nSPS) is 22.9. The van der Waals surface area contributed by atoms with Crippen LogP contribution in [0.25, 0.3) is 0 Å². The molecule has 1 aromatic heterocycles. The van der Waals surface area contributed by atoms with Gasteiger partial charge in [-0.15, -0.1) is 0 Å². The monoisotopic (exact) mass is 391 g/mol. The Labute approximate surface area is 162 Å². The lowest BCUT2D eigenvalue weighted by molar-refractivity contribution is -0.137. The molecular weight excluding hydrogens is 367 g/mol. The largest absolute Gasteiger partial charge is 0.416 e. The molecule has 2 N–H and O–H groups in total. The summed E-state index contributed by atoms with van der Waals surface area (Å²) >= 11 is 0. The highest BCUT2D eigenvalue weighted by molar-refractivity contribution is 5.56. The number of rotatable bonds is 3. The van der Waals surface area contributed by atoms with Crippen LogP contribution in [0.4, 0.5) is 24.8 Å². The van der Waals surface area contributed by atoms with Gasteiger partial charge in [-0.1, -0.05) is 0 Å². The molecule has 2 aliphatic rings. The number of alkyl halides is 3. The zero-order chi connectivity index (χ0) is 19.9. The molecule has 8 heteroatoms. The van der Waals surface area contributed by atoms with Crippen molar-refractivity contribution < 1.29 is 13.2 Å². The van der Waals surface area contributed by atoms with Crippen molar-refractivity contribution in [3.05, 3.63) is 46.8 Å². The molecule has 2 aromatic rings. The SMILES string of the molecule is Cc1cc(Nc2ncc3c(n2)CN([C@@H]2CCN[C@H](C)C2)C3)cc(C(F)(F)F)c1. The molecule has 2 atom stereocenters. The molecule has 2 aliphatic heterocycles. The lowest BCUT2D eigenvalue weighted by Gasteiger charge is -2.34. The van der Waals surface area contributed by atoms with Crippen molar-refractivity contribution >= 4 is 11.6 Å². The van der Waals surface area contributed by atoms with Gasteiger partial charge in [0, 0.05) is 42.6 Å². The highest BCUT2D eigenvalue weighted by atomic mass is 19.4. The highest BCUT2D eigenvalue weighted by Gasteiger charge is 2.32. The van der Waals surface area contributed by atoms with Crippen molar-refractivity contribution in [2.24, 2.45) is 0 Å². The highest BCUT2D eigenvalue weighted by Crippen LogP contribution is 2.33. The average Bonchev–Trinajstić information content (AvgIpc) is 3.04. The fourth-order valence-corrected chi connectivity index (χ4v) is 4.08. The third-order valence-electron chi connectivity index (χ3n) is 5.45. The lowest BCUT2D eigenvalue weighted by atomic mass is 9.99. The first-order chi connectivity index (χ1) is 13.3. The van der Waals surface area contributed by atoms with Crippen molar-refractivity contribution in [2.75, 3.05) is 11.9 Å². The van der Waals surface area contributed by atoms with Crippen LogP contribution in [-0.2, 0) is 19.3 Å². The van der Waals surface area contributed by atoms with Gasteiger partial charge in [-0.2, -0.15) is 13.2 Å². The molecule has 1 fully saturated rings. The molecule has 0 amide bonds. The van der Waals surface area contributed by atoms with Crippen molar-refractivity contribution in [3.8, 4) is 0 Å². The summed E-state index contributed by atoms with van der Waals surface area (Å²) < 4.78 is 39.1. The number of aryl methyl sites for hydroxylation is 1. The van der Waals surface area contributed by atoms with Gasteiger partial charge < -0.3 is 10.6 Å². The Kier molecular flexibility index (Phi) is 5.01. The van der Waals surface area contributed by atoms with E-state index in [4.69, 9.17) is 0 Å². The van der Waals surface area contributed by atoms with Crippen LogP contribution in [-0.4, -0.2) is 33.5 Å². The molecule has 1 saturated heterocycles. The van der Waals surface area contributed by atoms with Crippen molar-refractivity contribution in [1.82, 2.24) is 20.2 Å². The van der Waals surface area contributed by atoms with Crippen molar-refractivity contribution in [2.45, 2.75) is 58.0 Å². The molecule has 0 radical (unpaired) electrons. The van der Waals surface area contributed by atoms with Crippen LogP contribution in [0.5, 0.6) is 0 Å². The number of fused-ring (bicyclic) bond motifs is 1. The number of piperidine rings is 1. The van der Waals surface area contributed by atoms with Gasteiger partial charge in [-0.3, -0.25) is 4.90 Å².